The Morgan fingerprint density at radius 2 is 2.11 bits per heavy atom. The Kier molecular flexibility index (Phi) is 4.65. The second-order valence-corrected chi connectivity index (χ2v) is 5.09. The summed E-state index contributed by atoms with van der Waals surface area (Å²) in [5, 5.41) is 17.6. The zero-order valence-electron chi connectivity index (χ0n) is 8.58. The Labute approximate surface area is 113 Å². The van der Waals surface area contributed by atoms with Crippen LogP contribution in [0.25, 0.3) is 0 Å². The summed E-state index contributed by atoms with van der Waals surface area (Å²) in [4.78, 5) is 10.3. The highest BCUT2D eigenvalue weighted by Gasteiger charge is 2.31. The van der Waals surface area contributed by atoms with Crippen LogP contribution in [-0.2, 0) is 11.2 Å². The van der Waals surface area contributed by atoms with E-state index in [1.54, 1.807) is 6.07 Å². The number of nitriles is 1. The first-order valence-electron chi connectivity index (χ1n) is 4.43. The lowest BCUT2D eigenvalue weighted by Gasteiger charge is -2.11. The fourth-order valence-corrected chi connectivity index (χ4v) is 2.38. The highest BCUT2D eigenvalue weighted by Crippen LogP contribution is 2.40. The van der Waals surface area contributed by atoms with Gasteiger partial charge in [-0.1, -0.05) is 15.9 Å². The van der Waals surface area contributed by atoms with Gasteiger partial charge in [-0.25, -0.2) is 0 Å². The minimum absolute atomic E-state index is 0.0410. The summed E-state index contributed by atoms with van der Waals surface area (Å²) in [6, 6.07) is 4.05. The van der Waals surface area contributed by atoms with Crippen LogP contribution in [0.5, 0.6) is 0 Å². The zero-order chi connectivity index (χ0) is 13.9. The van der Waals surface area contributed by atoms with E-state index in [-0.39, 0.29) is 16.0 Å². The number of thioether (sulfide) groups is 1. The number of hydrogen-bond donors (Lipinski definition) is 1. The van der Waals surface area contributed by atoms with Gasteiger partial charge in [0.25, 0.3) is 0 Å². The Hall–Kier alpha value is -1.20. The van der Waals surface area contributed by atoms with Crippen molar-refractivity contribution >= 4 is 33.7 Å². The summed E-state index contributed by atoms with van der Waals surface area (Å²) >= 11 is 2.59. The number of hydrogen-bond acceptors (Lipinski definition) is 3. The lowest BCUT2D eigenvalue weighted by Crippen LogP contribution is -2.06. The van der Waals surface area contributed by atoms with Crippen LogP contribution >= 0.6 is 27.7 Å². The maximum absolute atomic E-state index is 12.3. The Balaban J connectivity index is 3.30. The molecule has 0 aliphatic rings. The standard InChI is InChI=1S/C10H5BrF3NO2S/c11-7-1-2-8(18-10(12,13)14)6(4-15)5(7)3-9(16)17/h1-2H,3H2,(H,16,17). The van der Waals surface area contributed by atoms with E-state index in [4.69, 9.17) is 10.4 Å². The monoisotopic (exact) mass is 339 g/mol. The van der Waals surface area contributed by atoms with Gasteiger partial charge in [0.1, 0.15) is 6.07 Å². The molecule has 0 spiro atoms. The van der Waals surface area contributed by atoms with Crippen molar-refractivity contribution in [1.82, 2.24) is 0 Å². The van der Waals surface area contributed by atoms with Gasteiger partial charge in [-0.05, 0) is 29.5 Å². The minimum Gasteiger partial charge on any atom is -0.481 e. The van der Waals surface area contributed by atoms with Gasteiger partial charge in [-0.3, -0.25) is 4.79 Å². The molecule has 1 N–H and O–H groups in total. The van der Waals surface area contributed by atoms with Gasteiger partial charge in [0.15, 0.2) is 0 Å². The molecule has 0 aliphatic heterocycles. The summed E-state index contributed by atoms with van der Waals surface area (Å²) in [6.07, 6.45) is -0.518. The molecule has 96 valence electrons. The van der Waals surface area contributed by atoms with Crippen LogP contribution in [-0.4, -0.2) is 16.6 Å². The lowest BCUT2D eigenvalue weighted by atomic mass is 10.1. The van der Waals surface area contributed by atoms with Crippen molar-refractivity contribution in [3.05, 3.63) is 27.7 Å². The van der Waals surface area contributed by atoms with Gasteiger partial charge in [0, 0.05) is 9.37 Å². The maximum Gasteiger partial charge on any atom is 0.446 e. The number of carbonyl (C=O) groups is 1. The highest BCUT2D eigenvalue weighted by atomic mass is 79.9. The summed E-state index contributed by atoms with van der Waals surface area (Å²) in [5.74, 6) is -1.22. The molecular formula is C10H5BrF3NO2S. The summed E-state index contributed by atoms with van der Waals surface area (Å²) in [7, 11) is 0. The van der Waals surface area contributed by atoms with Gasteiger partial charge >= 0.3 is 11.5 Å². The molecule has 0 unspecified atom stereocenters. The van der Waals surface area contributed by atoms with E-state index in [0.717, 1.165) is 6.07 Å². The van der Waals surface area contributed by atoms with E-state index >= 15 is 0 Å². The number of nitrogens with zero attached hydrogens (tertiary/aromatic N) is 1. The Morgan fingerprint density at radius 1 is 1.50 bits per heavy atom. The molecule has 0 atom stereocenters. The number of alkyl halides is 3. The smallest absolute Gasteiger partial charge is 0.446 e. The largest absolute Gasteiger partial charge is 0.481 e. The van der Waals surface area contributed by atoms with Gasteiger partial charge in [-0.2, -0.15) is 18.4 Å². The Bertz CT molecular complexity index is 525. The molecule has 0 fully saturated rings. The topological polar surface area (TPSA) is 61.1 Å². The third-order valence-electron chi connectivity index (χ3n) is 1.88. The van der Waals surface area contributed by atoms with E-state index in [1.165, 1.54) is 6.07 Å². The molecule has 0 radical (unpaired) electrons. The second-order valence-electron chi connectivity index (χ2n) is 3.13. The molecular weight excluding hydrogens is 335 g/mol. The van der Waals surface area contributed by atoms with Crippen molar-refractivity contribution in [2.75, 3.05) is 0 Å². The van der Waals surface area contributed by atoms with Gasteiger partial charge in [0.2, 0.25) is 0 Å². The van der Waals surface area contributed by atoms with Crippen LogP contribution in [0.1, 0.15) is 11.1 Å². The SMILES string of the molecule is N#Cc1c(SC(F)(F)F)ccc(Br)c1CC(=O)O. The molecule has 0 aliphatic carbocycles. The maximum atomic E-state index is 12.3. The third kappa shape index (κ3) is 3.92. The molecule has 18 heavy (non-hydrogen) atoms. The number of carboxylic acids is 1. The first kappa shape index (κ1) is 14.9. The molecule has 0 bridgehead atoms. The van der Waals surface area contributed by atoms with E-state index in [2.05, 4.69) is 15.9 Å². The number of rotatable bonds is 3. The molecule has 3 nitrogen and oxygen atoms in total. The van der Waals surface area contributed by atoms with E-state index in [9.17, 15) is 18.0 Å². The fourth-order valence-electron chi connectivity index (χ4n) is 1.26. The van der Waals surface area contributed by atoms with Crippen LogP contribution < -0.4 is 0 Å². The molecule has 0 saturated heterocycles. The molecule has 0 heterocycles. The number of carboxylic acid groups (broad SMARTS) is 1. The average Bonchev–Trinajstić information content (AvgIpc) is 2.20. The van der Waals surface area contributed by atoms with Crippen molar-refractivity contribution in [2.45, 2.75) is 16.8 Å². The lowest BCUT2D eigenvalue weighted by molar-refractivity contribution is -0.136. The first-order valence-corrected chi connectivity index (χ1v) is 6.04. The van der Waals surface area contributed by atoms with E-state index in [1.807, 2.05) is 0 Å². The normalized spacial score (nSPS) is 11.1. The molecule has 1 aromatic carbocycles. The molecule has 8 heteroatoms. The summed E-state index contributed by atoms with van der Waals surface area (Å²) in [5.41, 5.74) is -4.76. The molecule has 0 amide bonds. The van der Waals surface area contributed by atoms with Crippen LogP contribution in [0, 0.1) is 11.3 Å². The Morgan fingerprint density at radius 3 is 2.56 bits per heavy atom. The number of aliphatic carboxylic acids is 1. The first-order chi connectivity index (χ1) is 8.24. The molecule has 0 saturated carbocycles. The molecule has 0 aromatic heterocycles. The zero-order valence-corrected chi connectivity index (χ0v) is 11.0. The number of benzene rings is 1. The predicted octanol–water partition coefficient (Wildman–Crippen LogP) is 3.56. The fraction of sp³-hybridized carbons (Fsp3) is 0.200. The van der Waals surface area contributed by atoms with Crippen molar-refractivity contribution < 1.29 is 23.1 Å². The van der Waals surface area contributed by atoms with E-state index in [0.29, 0.717) is 4.47 Å². The van der Waals surface area contributed by atoms with Crippen LogP contribution in [0.2, 0.25) is 0 Å². The minimum atomic E-state index is -4.53. The van der Waals surface area contributed by atoms with Gasteiger partial charge < -0.3 is 5.11 Å². The molecule has 1 aromatic rings. The van der Waals surface area contributed by atoms with Gasteiger partial charge in [0.05, 0.1) is 12.0 Å². The quantitative estimate of drug-likeness (QED) is 0.855. The van der Waals surface area contributed by atoms with Crippen molar-refractivity contribution in [3.63, 3.8) is 0 Å². The predicted molar refractivity (Wildman–Crippen MR) is 62.1 cm³/mol. The van der Waals surface area contributed by atoms with Crippen LogP contribution in [0.4, 0.5) is 13.2 Å². The van der Waals surface area contributed by atoms with Crippen LogP contribution in [0.15, 0.2) is 21.5 Å². The van der Waals surface area contributed by atoms with Crippen molar-refractivity contribution in [1.29, 1.82) is 5.26 Å². The average molecular weight is 340 g/mol. The second kappa shape index (κ2) is 5.63. The highest BCUT2D eigenvalue weighted by molar-refractivity contribution is 9.10. The number of halogens is 4. The van der Waals surface area contributed by atoms with Crippen LogP contribution in [0.3, 0.4) is 0 Å². The molecule has 1 rings (SSSR count). The summed E-state index contributed by atoms with van der Waals surface area (Å²) < 4.78 is 37.1. The van der Waals surface area contributed by atoms with Crippen molar-refractivity contribution in [2.24, 2.45) is 0 Å². The summed E-state index contributed by atoms with van der Waals surface area (Å²) in [6.45, 7) is 0. The van der Waals surface area contributed by atoms with Gasteiger partial charge in [-0.15, -0.1) is 0 Å². The van der Waals surface area contributed by atoms with Crippen molar-refractivity contribution in [3.8, 4) is 6.07 Å². The van der Waals surface area contributed by atoms with E-state index < -0.39 is 29.7 Å². The third-order valence-corrected chi connectivity index (χ3v) is 3.42.